The third kappa shape index (κ3) is 7.21. The number of H-pyrrole nitrogens is 1. The van der Waals surface area contributed by atoms with Crippen molar-refractivity contribution >= 4 is 23.1 Å². The van der Waals surface area contributed by atoms with E-state index in [1.165, 1.54) is 0 Å². The fraction of sp³-hybridized carbons (Fsp3) is 0.233. The van der Waals surface area contributed by atoms with Crippen LogP contribution in [0, 0.1) is 29.6 Å². The van der Waals surface area contributed by atoms with E-state index in [2.05, 4.69) is 16.0 Å². The first-order valence-corrected chi connectivity index (χ1v) is 12.5. The fourth-order valence-electron chi connectivity index (χ4n) is 4.33. The van der Waals surface area contributed by atoms with Gasteiger partial charge in [0.15, 0.2) is 0 Å². The van der Waals surface area contributed by atoms with Gasteiger partial charge in [0, 0.05) is 6.54 Å². The molecule has 4 rings (SSSR count). The maximum Gasteiger partial charge on any atom is 0.408 e. The first kappa shape index (κ1) is 26.9. The molecular weight excluding hydrogens is 494 g/mol. The number of carbonyl (C=O) groups excluding carboxylic acids is 1. The third-order valence-corrected chi connectivity index (χ3v) is 6.33. The van der Waals surface area contributed by atoms with Gasteiger partial charge in [0.05, 0.1) is 34.3 Å². The normalized spacial score (nSPS) is 11.4. The Balaban J connectivity index is 1.47. The topological polar surface area (TPSA) is 143 Å². The molecule has 0 aliphatic carbocycles. The first-order valence-electron chi connectivity index (χ1n) is 12.5. The van der Waals surface area contributed by atoms with Crippen molar-refractivity contribution in [1.82, 2.24) is 14.9 Å². The van der Waals surface area contributed by atoms with Crippen LogP contribution >= 0.6 is 0 Å². The second-order valence-electron chi connectivity index (χ2n) is 9.23. The zero-order chi connectivity index (χ0) is 27.8. The number of aromatic nitrogens is 2. The molecule has 3 aromatic carbocycles. The fourth-order valence-corrected chi connectivity index (χ4v) is 4.33. The second-order valence-corrected chi connectivity index (χ2v) is 9.23. The standard InChI is InChI=1S/C30H27N5O4/c1-20-33-26-14-13-25(15-27(26)34-20)28(4-2-3-21-5-7-22(16-31)8-6-21)39-29(36)19-35(30(37)38)18-24-11-9-23(17-32)10-12-24/h5-15,28H,2-4,18-19H2,1H3,(H,33,34)(H,37,38). The number of ether oxygens (including phenoxy) is 1. The van der Waals surface area contributed by atoms with E-state index in [0.29, 0.717) is 29.5 Å². The number of hydrogen-bond donors (Lipinski definition) is 2. The number of nitriles is 2. The van der Waals surface area contributed by atoms with E-state index in [1.54, 1.807) is 36.4 Å². The predicted molar refractivity (Wildman–Crippen MR) is 143 cm³/mol. The Morgan fingerprint density at radius 1 is 1.00 bits per heavy atom. The highest BCUT2D eigenvalue weighted by Crippen LogP contribution is 2.27. The highest BCUT2D eigenvalue weighted by atomic mass is 16.5. The average Bonchev–Trinajstić information content (AvgIpc) is 3.32. The highest BCUT2D eigenvalue weighted by molar-refractivity contribution is 5.78. The van der Waals surface area contributed by atoms with Crippen LogP contribution in [0.1, 0.15) is 52.6 Å². The third-order valence-electron chi connectivity index (χ3n) is 6.33. The summed E-state index contributed by atoms with van der Waals surface area (Å²) in [6.45, 7) is 1.41. The van der Waals surface area contributed by atoms with Crippen molar-refractivity contribution in [3.63, 3.8) is 0 Å². The van der Waals surface area contributed by atoms with Gasteiger partial charge < -0.3 is 14.8 Å². The van der Waals surface area contributed by atoms with E-state index in [9.17, 15) is 14.7 Å². The number of benzene rings is 3. The van der Waals surface area contributed by atoms with Crippen molar-refractivity contribution in [2.45, 2.75) is 38.8 Å². The van der Waals surface area contributed by atoms with Gasteiger partial charge in [-0.05, 0) is 79.3 Å². The van der Waals surface area contributed by atoms with Crippen molar-refractivity contribution in [3.05, 3.63) is 100 Å². The lowest BCUT2D eigenvalue weighted by Gasteiger charge is -2.22. The lowest BCUT2D eigenvalue weighted by atomic mass is 10.00. The summed E-state index contributed by atoms with van der Waals surface area (Å²) < 4.78 is 5.86. The van der Waals surface area contributed by atoms with Crippen LogP contribution in [0.15, 0.2) is 66.7 Å². The number of carbonyl (C=O) groups is 2. The Kier molecular flexibility index (Phi) is 8.55. The SMILES string of the molecule is Cc1nc2ccc(C(CCCc3ccc(C#N)cc3)OC(=O)CN(Cc3ccc(C#N)cc3)C(=O)O)cc2[nH]1. The maximum atomic E-state index is 13.0. The number of nitrogens with one attached hydrogen (secondary N) is 1. The summed E-state index contributed by atoms with van der Waals surface area (Å²) in [5.74, 6) is 0.117. The number of hydrogen-bond acceptors (Lipinski definition) is 6. The zero-order valence-corrected chi connectivity index (χ0v) is 21.4. The molecule has 1 atom stereocenters. The number of aryl methyl sites for hydroxylation is 2. The Hall–Kier alpha value is -5.15. The van der Waals surface area contributed by atoms with E-state index in [0.717, 1.165) is 39.3 Å². The van der Waals surface area contributed by atoms with E-state index < -0.39 is 24.7 Å². The molecule has 39 heavy (non-hydrogen) atoms. The molecule has 1 amide bonds. The number of amides is 1. The molecule has 0 aliphatic rings. The molecule has 1 unspecified atom stereocenters. The minimum atomic E-state index is -1.25. The number of fused-ring (bicyclic) bond motifs is 1. The summed E-state index contributed by atoms with van der Waals surface area (Å²) >= 11 is 0. The number of rotatable bonds is 10. The Morgan fingerprint density at radius 2 is 1.64 bits per heavy atom. The molecule has 4 aromatic rings. The molecule has 0 spiro atoms. The number of carboxylic acid groups (broad SMARTS) is 1. The molecular formula is C30H27N5O4. The smallest absolute Gasteiger partial charge is 0.408 e. The maximum absolute atomic E-state index is 13.0. The van der Waals surface area contributed by atoms with Crippen LogP contribution in [0.4, 0.5) is 4.79 Å². The highest BCUT2D eigenvalue weighted by Gasteiger charge is 2.22. The number of imidazole rings is 1. The van der Waals surface area contributed by atoms with Crippen LogP contribution in [0.2, 0.25) is 0 Å². The number of esters is 1. The Labute approximate surface area is 225 Å². The molecule has 9 heteroatoms. The molecule has 2 N–H and O–H groups in total. The van der Waals surface area contributed by atoms with Gasteiger partial charge in [-0.1, -0.05) is 30.3 Å². The van der Waals surface area contributed by atoms with Crippen molar-refractivity contribution in [1.29, 1.82) is 10.5 Å². The predicted octanol–water partition coefficient (Wildman–Crippen LogP) is 5.40. The summed E-state index contributed by atoms with van der Waals surface area (Å²) in [5, 5.41) is 27.7. The van der Waals surface area contributed by atoms with Gasteiger partial charge in [0.25, 0.3) is 0 Å². The zero-order valence-electron chi connectivity index (χ0n) is 21.4. The molecule has 0 saturated heterocycles. The second kappa shape index (κ2) is 12.4. The van der Waals surface area contributed by atoms with Crippen molar-refractivity contribution in [2.75, 3.05) is 6.54 Å². The van der Waals surface area contributed by atoms with E-state index in [-0.39, 0.29) is 6.54 Å². The average molecular weight is 522 g/mol. The molecule has 0 fully saturated rings. The molecule has 0 aliphatic heterocycles. The Bertz CT molecular complexity index is 1550. The minimum absolute atomic E-state index is 0.0150. The van der Waals surface area contributed by atoms with E-state index >= 15 is 0 Å². The van der Waals surface area contributed by atoms with Crippen LogP contribution in [-0.4, -0.2) is 38.6 Å². The van der Waals surface area contributed by atoms with Gasteiger partial charge in [-0.15, -0.1) is 0 Å². The van der Waals surface area contributed by atoms with E-state index in [1.807, 2.05) is 43.3 Å². The van der Waals surface area contributed by atoms with Gasteiger partial charge in [-0.3, -0.25) is 9.69 Å². The van der Waals surface area contributed by atoms with Crippen LogP contribution in [0.5, 0.6) is 0 Å². The summed E-state index contributed by atoms with van der Waals surface area (Å²) in [6.07, 6.45) is 0.119. The summed E-state index contributed by atoms with van der Waals surface area (Å²) in [5.41, 5.74) is 5.20. The molecule has 0 saturated carbocycles. The molecule has 1 heterocycles. The number of aromatic amines is 1. The molecule has 196 valence electrons. The van der Waals surface area contributed by atoms with Crippen molar-refractivity contribution < 1.29 is 19.4 Å². The van der Waals surface area contributed by atoms with Crippen LogP contribution in [0.25, 0.3) is 11.0 Å². The molecule has 9 nitrogen and oxygen atoms in total. The van der Waals surface area contributed by atoms with Crippen LogP contribution in [-0.2, 0) is 22.5 Å². The lowest BCUT2D eigenvalue weighted by molar-refractivity contribution is -0.151. The monoisotopic (exact) mass is 521 g/mol. The molecule has 1 aromatic heterocycles. The van der Waals surface area contributed by atoms with Gasteiger partial charge in [0.1, 0.15) is 18.5 Å². The van der Waals surface area contributed by atoms with Gasteiger partial charge in [-0.25, -0.2) is 9.78 Å². The first-order chi connectivity index (χ1) is 18.8. The Morgan fingerprint density at radius 3 is 2.26 bits per heavy atom. The summed E-state index contributed by atoms with van der Waals surface area (Å²) in [7, 11) is 0. The van der Waals surface area contributed by atoms with Crippen molar-refractivity contribution in [3.8, 4) is 12.1 Å². The van der Waals surface area contributed by atoms with Crippen LogP contribution in [0.3, 0.4) is 0 Å². The minimum Gasteiger partial charge on any atom is -0.465 e. The molecule has 0 bridgehead atoms. The van der Waals surface area contributed by atoms with E-state index in [4.69, 9.17) is 15.3 Å². The molecule has 0 radical (unpaired) electrons. The number of nitrogens with zero attached hydrogens (tertiary/aromatic N) is 4. The van der Waals surface area contributed by atoms with Gasteiger partial charge >= 0.3 is 12.1 Å². The lowest BCUT2D eigenvalue weighted by Crippen LogP contribution is -2.35. The largest absolute Gasteiger partial charge is 0.465 e. The quantitative estimate of drug-likeness (QED) is 0.266. The van der Waals surface area contributed by atoms with Gasteiger partial charge in [0.2, 0.25) is 0 Å². The summed E-state index contributed by atoms with van der Waals surface area (Å²) in [6, 6.07) is 23.7. The van der Waals surface area contributed by atoms with Gasteiger partial charge in [-0.2, -0.15) is 10.5 Å². The van der Waals surface area contributed by atoms with Crippen molar-refractivity contribution in [2.24, 2.45) is 0 Å². The summed E-state index contributed by atoms with van der Waals surface area (Å²) in [4.78, 5) is 33.5. The van der Waals surface area contributed by atoms with Crippen LogP contribution < -0.4 is 0 Å².